The largest absolute Gasteiger partial charge is 0.343 e. The first kappa shape index (κ1) is 20.1. The fourth-order valence-corrected chi connectivity index (χ4v) is 4.38. The number of aromatic nitrogens is 2. The van der Waals surface area contributed by atoms with Crippen LogP contribution in [0.3, 0.4) is 0 Å². The highest BCUT2D eigenvalue weighted by Crippen LogP contribution is 2.22. The number of hydrogen-bond donors (Lipinski definition) is 0. The normalized spacial score (nSPS) is 14.9. The van der Waals surface area contributed by atoms with Gasteiger partial charge < -0.3 is 14.0 Å². The molecule has 0 radical (unpaired) electrons. The first-order valence-electron chi connectivity index (χ1n) is 10.5. The van der Waals surface area contributed by atoms with E-state index in [-0.39, 0.29) is 18.9 Å². The van der Waals surface area contributed by atoms with Crippen LogP contribution in [0.25, 0.3) is 11.0 Å². The fourth-order valence-electron chi connectivity index (χ4n) is 4.38. The molecule has 0 saturated carbocycles. The lowest BCUT2D eigenvalue weighted by molar-refractivity contribution is -0.132. The van der Waals surface area contributed by atoms with E-state index in [0.29, 0.717) is 17.0 Å². The second kappa shape index (κ2) is 8.69. The Bertz CT molecular complexity index is 1160. The van der Waals surface area contributed by atoms with Gasteiger partial charge in [-0.1, -0.05) is 42.5 Å². The lowest BCUT2D eigenvalue weighted by Crippen LogP contribution is -2.42. The summed E-state index contributed by atoms with van der Waals surface area (Å²) in [6.45, 7) is 1.73. The molecule has 0 bridgehead atoms. The summed E-state index contributed by atoms with van der Waals surface area (Å²) in [5, 5.41) is 0. The molecule has 0 aliphatic carbocycles. The highest BCUT2D eigenvalue weighted by molar-refractivity contribution is 5.77. The molecule has 0 atom stereocenters. The van der Waals surface area contributed by atoms with E-state index in [0.717, 1.165) is 32.4 Å². The zero-order valence-electron chi connectivity index (χ0n) is 17.3. The van der Waals surface area contributed by atoms with Crippen LogP contribution in [0.1, 0.15) is 24.8 Å². The fraction of sp³-hybridized carbons (Fsp3) is 0.375. The maximum absolute atomic E-state index is 12.8. The van der Waals surface area contributed by atoms with Crippen molar-refractivity contribution in [3.8, 4) is 0 Å². The number of carbonyl (C=O) groups is 1. The van der Waals surface area contributed by atoms with Crippen LogP contribution < -0.4 is 11.1 Å². The van der Waals surface area contributed by atoms with Crippen molar-refractivity contribution in [1.82, 2.24) is 14.0 Å². The van der Waals surface area contributed by atoms with Gasteiger partial charge in [0.1, 0.15) is 0 Å². The van der Waals surface area contributed by atoms with E-state index in [9.17, 15) is 14.4 Å². The Kier molecular flexibility index (Phi) is 5.84. The summed E-state index contributed by atoms with van der Waals surface area (Å²) in [5.74, 6) is 0.643. The number of amides is 1. The molecule has 1 aromatic heterocycles. The minimum atomic E-state index is -0.578. The number of carbonyl (C=O) groups excluding carboxylic acids is 1. The zero-order valence-corrected chi connectivity index (χ0v) is 17.3. The molecule has 0 spiro atoms. The number of likely N-dealkylation sites (tertiary alicyclic amines) is 1. The van der Waals surface area contributed by atoms with Crippen molar-refractivity contribution in [2.45, 2.75) is 32.2 Å². The summed E-state index contributed by atoms with van der Waals surface area (Å²) in [6, 6.07) is 17.8. The van der Waals surface area contributed by atoms with Gasteiger partial charge in [-0.2, -0.15) is 0 Å². The van der Waals surface area contributed by atoms with Gasteiger partial charge >= 0.3 is 11.1 Å². The predicted octanol–water partition coefficient (Wildman–Crippen LogP) is 2.57. The smallest absolute Gasteiger partial charge is 0.316 e. The molecule has 4 rings (SSSR count). The third-order valence-electron chi connectivity index (χ3n) is 6.15. The second-order valence-corrected chi connectivity index (χ2v) is 8.07. The molecule has 1 saturated heterocycles. The zero-order chi connectivity index (χ0) is 21.1. The third-order valence-corrected chi connectivity index (χ3v) is 6.15. The van der Waals surface area contributed by atoms with E-state index in [1.807, 2.05) is 35.2 Å². The van der Waals surface area contributed by atoms with E-state index in [4.69, 9.17) is 0 Å². The van der Waals surface area contributed by atoms with E-state index >= 15 is 0 Å². The summed E-state index contributed by atoms with van der Waals surface area (Å²) >= 11 is 0. The molecule has 3 aromatic rings. The molecule has 156 valence electrons. The van der Waals surface area contributed by atoms with Gasteiger partial charge in [0.25, 0.3) is 0 Å². The van der Waals surface area contributed by atoms with Crippen LogP contribution in [-0.4, -0.2) is 33.0 Å². The van der Waals surface area contributed by atoms with E-state index in [2.05, 4.69) is 24.3 Å². The van der Waals surface area contributed by atoms with Gasteiger partial charge in [-0.25, -0.2) is 0 Å². The minimum Gasteiger partial charge on any atom is -0.343 e. The molecule has 0 unspecified atom stereocenters. The van der Waals surface area contributed by atoms with E-state index in [1.165, 1.54) is 14.7 Å². The number of rotatable bonds is 5. The third kappa shape index (κ3) is 4.08. The molecular formula is C24H27N3O3. The number of para-hydroxylation sites is 2. The molecule has 0 N–H and O–H groups in total. The molecule has 1 aliphatic rings. The van der Waals surface area contributed by atoms with Crippen molar-refractivity contribution in [2.75, 3.05) is 13.1 Å². The van der Waals surface area contributed by atoms with E-state index in [1.54, 1.807) is 7.05 Å². The molecule has 2 heterocycles. The highest BCUT2D eigenvalue weighted by Gasteiger charge is 2.23. The van der Waals surface area contributed by atoms with Crippen LogP contribution in [0.15, 0.2) is 64.2 Å². The Morgan fingerprint density at radius 2 is 1.53 bits per heavy atom. The average Bonchev–Trinajstić information content (AvgIpc) is 2.78. The number of nitrogens with zero attached hydrogens (tertiary/aromatic N) is 3. The molecule has 1 fully saturated rings. The van der Waals surface area contributed by atoms with Crippen molar-refractivity contribution in [3.63, 3.8) is 0 Å². The van der Waals surface area contributed by atoms with Crippen molar-refractivity contribution in [3.05, 3.63) is 80.9 Å². The SMILES string of the molecule is Cn1c(=O)c(=O)n(CCC(=O)N2CCC(Cc3ccccc3)CC2)c2ccccc21. The maximum Gasteiger partial charge on any atom is 0.316 e. The van der Waals surface area contributed by atoms with Gasteiger partial charge in [0.15, 0.2) is 0 Å². The predicted molar refractivity (Wildman–Crippen MR) is 118 cm³/mol. The molecule has 1 aliphatic heterocycles. The van der Waals surface area contributed by atoms with Gasteiger partial charge in [-0.15, -0.1) is 0 Å². The first-order chi connectivity index (χ1) is 14.5. The van der Waals surface area contributed by atoms with Crippen molar-refractivity contribution >= 4 is 16.9 Å². The molecule has 6 heteroatoms. The van der Waals surface area contributed by atoms with Crippen molar-refractivity contribution in [1.29, 1.82) is 0 Å². The topological polar surface area (TPSA) is 64.3 Å². The quantitative estimate of drug-likeness (QED) is 0.613. The minimum absolute atomic E-state index is 0.0461. The van der Waals surface area contributed by atoms with Gasteiger partial charge in [-0.3, -0.25) is 14.4 Å². The monoisotopic (exact) mass is 405 g/mol. The van der Waals surface area contributed by atoms with Crippen LogP contribution in [-0.2, 0) is 24.8 Å². The Labute approximate surface area is 175 Å². The van der Waals surface area contributed by atoms with Crippen LogP contribution in [0.5, 0.6) is 0 Å². The van der Waals surface area contributed by atoms with Crippen LogP contribution in [0.4, 0.5) is 0 Å². The van der Waals surface area contributed by atoms with Crippen LogP contribution in [0.2, 0.25) is 0 Å². The number of fused-ring (bicyclic) bond motifs is 1. The van der Waals surface area contributed by atoms with Gasteiger partial charge in [0, 0.05) is 33.1 Å². The summed E-state index contributed by atoms with van der Waals surface area (Å²) < 4.78 is 2.81. The summed E-state index contributed by atoms with van der Waals surface area (Å²) in [7, 11) is 1.60. The number of hydrogen-bond acceptors (Lipinski definition) is 3. The number of piperidine rings is 1. The highest BCUT2D eigenvalue weighted by atomic mass is 16.2. The molecular weight excluding hydrogens is 378 g/mol. The van der Waals surface area contributed by atoms with Gasteiger partial charge in [0.05, 0.1) is 11.0 Å². The second-order valence-electron chi connectivity index (χ2n) is 8.07. The first-order valence-corrected chi connectivity index (χ1v) is 10.5. The summed E-state index contributed by atoms with van der Waals surface area (Å²) in [4.78, 5) is 39.4. The molecule has 30 heavy (non-hydrogen) atoms. The average molecular weight is 405 g/mol. The van der Waals surface area contributed by atoms with Crippen LogP contribution in [0, 0.1) is 5.92 Å². The Morgan fingerprint density at radius 3 is 2.23 bits per heavy atom. The molecule has 2 aromatic carbocycles. The summed E-state index contributed by atoms with van der Waals surface area (Å²) in [6.07, 6.45) is 3.27. The van der Waals surface area contributed by atoms with E-state index < -0.39 is 11.1 Å². The van der Waals surface area contributed by atoms with Crippen molar-refractivity contribution in [2.24, 2.45) is 13.0 Å². The standard InChI is InChI=1S/C24H27N3O3/c1-25-20-9-5-6-10-21(20)27(24(30)23(25)29)16-13-22(28)26-14-11-19(12-15-26)17-18-7-3-2-4-8-18/h2-10,19H,11-17H2,1H3. The van der Waals surface area contributed by atoms with Gasteiger partial charge in [-0.05, 0) is 42.9 Å². The molecule has 6 nitrogen and oxygen atoms in total. The maximum atomic E-state index is 12.8. The Hall–Kier alpha value is -3.15. The van der Waals surface area contributed by atoms with Crippen LogP contribution >= 0.6 is 0 Å². The summed E-state index contributed by atoms with van der Waals surface area (Å²) in [5.41, 5.74) is 1.57. The van der Waals surface area contributed by atoms with Crippen molar-refractivity contribution < 1.29 is 4.79 Å². The molecule has 1 amide bonds. The van der Waals surface area contributed by atoms with Gasteiger partial charge in [0.2, 0.25) is 5.91 Å². The Morgan fingerprint density at radius 1 is 0.900 bits per heavy atom. The Balaban J connectivity index is 1.39. The number of aryl methyl sites for hydroxylation is 2. The lowest BCUT2D eigenvalue weighted by Gasteiger charge is -2.32. The number of benzene rings is 2. The lowest BCUT2D eigenvalue weighted by atomic mass is 9.90.